The quantitative estimate of drug-likeness (QED) is 0.896. The third-order valence-corrected chi connectivity index (χ3v) is 3.58. The van der Waals surface area contributed by atoms with E-state index in [0.717, 1.165) is 11.4 Å². The molecule has 2 rings (SSSR count). The van der Waals surface area contributed by atoms with E-state index in [9.17, 15) is 0 Å². The van der Waals surface area contributed by atoms with Gasteiger partial charge in [-0.25, -0.2) is 0 Å². The summed E-state index contributed by atoms with van der Waals surface area (Å²) in [5.74, 6) is 0.511. The van der Waals surface area contributed by atoms with Gasteiger partial charge in [0.2, 0.25) is 0 Å². The molecule has 1 N–H and O–H groups in total. The largest absolute Gasteiger partial charge is 0.302 e. The Kier molecular flexibility index (Phi) is 4.85. The summed E-state index contributed by atoms with van der Waals surface area (Å²) in [5, 5.41) is 3.69. The highest BCUT2D eigenvalue weighted by atomic mass is 15.0. The predicted molar refractivity (Wildman–Crippen MR) is 82.3 cm³/mol. The van der Waals surface area contributed by atoms with Gasteiger partial charge in [-0.15, -0.1) is 0 Å². The molecular formula is C17H23N3. The van der Waals surface area contributed by atoms with E-state index in [1.165, 1.54) is 5.56 Å². The summed E-state index contributed by atoms with van der Waals surface area (Å²) in [4.78, 5) is 8.78. The maximum Gasteiger partial charge on any atom is 0.0782 e. The van der Waals surface area contributed by atoms with E-state index < -0.39 is 0 Å². The SMILES string of the molecule is Cc1nccnc1C(C)NC(c1ccccc1)C(C)C. The summed E-state index contributed by atoms with van der Waals surface area (Å²) in [6.07, 6.45) is 3.50. The van der Waals surface area contributed by atoms with E-state index in [2.05, 4.69) is 66.4 Å². The van der Waals surface area contributed by atoms with Crippen LogP contribution in [0.5, 0.6) is 0 Å². The standard InChI is InChI=1S/C17H23N3/c1-12(2)16(15-8-6-5-7-9-15)20-14(4)17-13(3)18-10-11-19-17/h5-12,14,16,20H,1-4H3. The molecule has 0 aliphatic carbocycles. The lowest BCUT2D eigenvalue weighted by molar-refractivity contribution is 0.369. The molecule has 2 aromatic rings. The number of rotatable bonds is 5. The lowest BCUT2D eigenvalue weighted by Crippen LogP contribution is -2.29. The molecule has 0 bridgehead atoms. The number of nitrogens with one attached hydrogen (secondary N) is 1. The summed E-state index contributed by atoms with van der Waals surface area (Å²) in [6.45, 7) is 8.63. The van der Waals surface area contributed by atoms with Crippen molar-refractivity contribution < 1.29 is 0 Å². The summed E-state index contributed by atoms with van der Waals surface area (Å²) >= 11 is 0. The fourth-order valence-electron chi connectivity index (χ4n) is 2.53. The average molecular weight is 269 g/mol. The summed E-state index contributed by atoms with van der Waals surface area (Å²) < 4.78 is 0. The molecule has 0 spiro atoms. The third-order valence-electron chi connectivity index (χ3n) is 3.58. The second-order valence-electron chi connectivity index (χ2n) is 5.55. The van der Waals surface area contributed by atoms with Crippen LogP contribution in [0.25, 0.3) is 0 Å². The fourth-order valence-corrected chi connectivity index (χ4v) is 2.53. The molecule has 0 fully saturated rings. The molecule has 0 saturated carbocycles. The topological polar surface area (TPSA) is 37.8 Å². The molecule has 1 aromatic carbocycles. The minimum Gasteiger partial charge on any atom is -0.302 e. The van der Waals surface area contributed by atoms with Crippen molar-refractivity contribution >= 4 is 0 Å². The van der Waals surface area contributed by atoms with E-state index in [1.807, 2.05) is 6.92 Å². The van der Waals surface area contributed by atoms with E-state index in [-0.39, 0.29) is 6.04 Å². The second-order valence-corrected chi connectivity index (χ2v) is 5.55. The van der Waals surface area contributed by atoms with Crippen molar-refractivity contribution in [2.24, 2.45) is 5.92 Å². The first-order valence-corrected chi connectivity index (χ1v) is 7.18. The van der Waals surface area contributed by atoms with Crippen LogP contribution in [0, 0.1) is 12.8 Å². The molecule has 3 nitrogen and oxygen atoms in total. The van der Waals surface area contributed by atoms with Crippen LogP contribution in [0.15, 0.2) is 42.7 Å². The molecule has 2 atom stereocenters. The van der Waals surface area contributed by atoms with Crippen molar-refractivity contribution in [1.82, 2.24) is 15.3 Å². The van der Waals surface area contributed by atoms with Gasteiger partial charge in [-0.3, -0.25) is 9.97 Å². The smallest absolute Gasteiger partial charge is 0.0782 e. The summed E-state index contributed by atoms with van der Waals surface area (Å²) in [6, 6.07) is 11.1. The average Bonchev–Trinajstić information content (AvgIpc) is 2.45. The van der Waals surface area contributed by atoms with Gasteiger partial charge in [-0.1, -0.05) is 44.2 Å². The van der Waals surface area contributed by atoms with Gasteiger partial charge >= 0.3 is 0 Å². The number of hydrogen-bond acceptors (Lipinski definition) is 3. The zero-order chi connectivity index (χ0) is 14.5. The second kappa shape index (κ2) is 6.62. The van der Waals surface area contributed by atoms with Crippen molar-refractivity contribution in [2.45, 2.75) is 39.8 Å². The Balaban J connectivity index is 2.19. The maximum atomic E-state index is 4.46. The Hall–Kier alpha value is -1.74. The molecule has 2 unspecified atom stereocenters. The molecule has 1 aromatic heterocycles. The van der Waals surface area contributed by atoms with Gasteiger partial charge in [0.05, 0.1) is 11.4 Å². The molecule has 0 radical (unpaired) electrons. The van der Waals surface area contributed by atoms with Crippen LogP contribution in [0.1, 0.15) is 49.8 Å². The van der Waals surface area contributed by atoms with Crippen molar-refractivity contribution in [3.05, 3.63) is 59.7 Å². The molecular weight excluding hydrogens is 246 g/mol. The normalized spacial score (nSPS) is 14.2. The molecule has 106 valence electrons. The van der Waals surface area contributed by atoms with Crippen LogP contribution < -0.4 is 5.32 Å². The zero-order valence-corrected chi connectivity index (χ0v) is 12.7. The van der Waals surface area contributed by atoms with Crippen LogP contribution >= 0.6 is 0 Å². The lowest BCUT2D eigenvalue weighted by Gasteiger charge is -2.27. The summed E-state index contributed by atoms with van der Waals surface area (Å²) in [5.41, 5.74) is 3.33. The predicted octanol–water partition coefficient (Wildman–Crippen LogP) is 3.83. The van der Waals surface area contributed by atoms with Gasteiger partial charge in [0.25, 0.3) is 0 Å². The van der Waals surface area contributed by atoms with Crippen LogP contribution in [0.2, 0.25) is 0 Å². The van der Waals surface area contributed by atoms with E-state index in [4.69, 9.17) is 0 Å². The minimum absolute atomic E-state index is 0.177. The van der Waals surface area contributed by atoms with Gasteiger partial charge in [0.15, 0.2) is 0 Å². The number of nitrogens with zero attached hydrogens (tertiary/aromatic N) is 2. The van der Waals surface area contributed by atoms with Crippen molar-refractivity contribution in [3.63, 3.8) is 0 Å². The number of aryl methyl sites for hydroxylation is 1. The highest BCUT2D eigenvalue weighted by molar-refractivity contribution is 5.21. The molecule has 1 heterocycles. The molecule has 0 aliphatic rings. The highest BCUT2D eigenvalue weighted by Crippen LogP contribution is 2.25. The molecule has 0 aliphatic heterocycles. The van der Waals surface area contributed by atoms with Crippen molar-refractivity contribution in [3.8, 4) is 0 Å². The molecule has 20 heavy (non-hydrogen) atoms. The molecule has 0 saturated heterocycles. The van der Waals surface area contributed by atoms with Gasteiger partial charge in [-0.05, 0) is 25.3 Å². The van der Waals surface area contributed by atoms with Crippen molar-refractivity contribution in [1.29, 1.82) is 0 Å². The number of benzene rings is 1. The van der Waals surface area contributed by atoms with Crippen molar-refractivity contribution in [2.75, 3.05) is 0 Å². The first kappa shape index (κ1) is 14.7. The monoisotopic (exact) mass is 269 g/mol. The van der Waals surface area contributed by atoms with Gasteiger partial charge in [0, 0.05) is 24.5 Å². The van der Waals surface area contributed by atoms with Gasteiger partial charge < -0.3 is 5.32 Å². The molecule has 0 amide bonds. The van der Waals surface area contributed by atoms with Gasteiger partial charge in [-0.2, -0.15) is 0 Å². The summed E-state index contributed by atoms with van der Waals surface area (Å²) in [7, 11) is 0. The first-order valence-electron chi connectivity index (χ1n) is 7.18. The number of aromatic nitrogens is 2. The third kappa shape index (κ3) is 3.42. The van der Waals surface area contributed by atoms with E-state index in [0.29, 0.717) is 12.0 Å². The minimum atomic E-state index is 0.177. The Labute approximate surface area is 121 Å². The lowest BCUT2D eigenvalue weighted by atomic mass is 9.95. The Morgan fingerprint density at radius 1 is 0.950 bits per heavy atom. The van der Waals surface area contributed by atoms with E-state index in [1.54, 1.807) is 12.4 Å². The van der Waals surface area contributed by atoms with Crippen LogP contribution in [0.3, 0.4) is 0 Å². The van der Waals surface area contributed by atoms with Crippen LogP contribution in [-0.4, -0.2) is 9.97 Å². The Morgan fingerprint density at radius 2 is 1.60 bits per heavy atom. The number of hydrogen-bond donors (Lipinski definition) is 1. The van der Waals surface area contributed by atoms with Crippen LogP contribution in [-0.2, 0) is 0 Å². The van der Waals surface area contributed by atoms with Gasteiger partial charge in [0.1, 0.15) is 0 Å². The first-order chi connectivity index (χ1) is 9.59. The highest BCUT2D eigenvalue weighted by Gasteiger charge is 2.20. The fraction of sp³-hybridized carbons (Fsp3) is 0.412. The molecule has 3 heteroatoms. The van der Waals surface area contributed by atoms with Crippen LogP contribution in [0.4, 0.5) is 0 Å². The van der Waals surface area contributed by atoms with E-state index >= 15 is 0 Å². The Morgan fingerprint density at radius 3 is 2.20 bits per heavy atom. The maximum absolute atomic E-state index is 4.46. The zero-order valence-electron chi connectivity index (χ0n) is 12.7. The Bertz CT molecular complexity index is 537.